The van der Waals surface area contributed by atoms with E-state index < -0.39 is 0 Å². The van der Waals surface area contributed by atoms with Gasteiger partial charge in [0, 0.05) is 3.57 Å². The highest BCUT2D eigenvalue weighted by Gasteiger charge is 2.18. The van der Waals surface area contributed by atoms with Crippen molar-refractivity contribution < 1.29 is 9.84 Å². The Morgan fingerprint density at radius 2 is 2.38 bits per heavy atom. The Morgan fingerprint density at radius 1 is 1.54 bits per heavy atom. The average Bonchev–Trinajstić information content (AvgIpc) is 2.17. The fraction of sp³-hybridized carbons (Fsp3) is 0.400. The van der Waals surface area contributed by atoms with Crippen LogP contribution in [0.1, 0.15) is 12.0 Å². The third-order valence-corrected chi connectivity index (χ3v) is 2.93. The number of fused-ring (bicyclic) bond motifs is 1. The molecule has 1 aliphatic rings. The van der Waals surface area contributed by atoms with Crippen LogP contribution in [0.5, 0.6) is 5.75 Å². The first-order valence-electron chi connectivity index (χ1n) is 4.35. The van der Waals surface area contributed by atoms with Crippen LogP contribution in [0.4, 0.5) is 0 Å². The molecule has 1 aliphatic heterocycles. The van der Waals surface area contributed by atoms with Gasteiger partial charge >= 0.3 is 0 Å². The molecule has 0 aromatic heterocycles. The van der Waals surface area contributed by atoms with E-state index in [0.29, 0.717) is 0 Å². The first-order valence-corrected chi connectivity index (χ1v) is 5.43. The second-order valence-electron chi connectivity index (χ2n) is 3.21. The van der Waals surface area contributed by atoms with Gasteiger partial charge in [-0.3, -0.25) is 0 Å². The van der Waals surface area contributed by atoms with E-state index in [1.165, 1.54) is 9.13 Å². The van der Waals surface area contributed by atoms with Crippen molar-refractivity contribution in [3.8, 4) is 5.75 Å². The zero-order valence-corrected chi connectivity index (χ0v) is 9.32. The molecular formula is C10H11IO2. The fourth-order valence-electron chi connectivity index (χ4n) is 1.54. The van der Waals surface area contributed by atoms with Crippen LogP contribution in [0.15, 0.2) is 18.2 Å². The summed E-state index contributed by atoms with van der Waals surface area (Å²) in [5, 5.41) is 8.94. The molecule has 0 amide bonds. The molecule has 2 nitrogen and oxygen atoms in total. The van der Waals surface area contributed by atoms with Crippen molar-refractivity contribution in [3.05, 3.63) is 27.3 Å². The highest BCUT2D eigenvalue weighted by molar-refractivity contribution is 14.1. The Labute approximate surface area is 91.1 Å². The predicted molar refractivity (Wildman–Crippen MR) is 59.0 cm³/mol. The standard InChI is InChI=1S/C10H11IO2/c11-8-2-4-10-7(5-8)1-3-9(6-12)13-10/h2,4-5,9,12H,1,3,6H2. The Kier molecular flexibility index (Phi) is 2.74. The number of halogens is 1. The minimum absolute atomic E-state index is 0.00689. The predicted octanol–water partition coefficient (Wildman–Crippen LogP) is 1.98. The quantitative estimate of drug-likeness (QED) is 0.801. The molecule has 0 saturated heterocycles. The van der Waals surface area contributed by atoms with E-state index in [-0.39, 0.29) is 12.7 Å². The number of aryl methyl sites for hydroxylation is 1. The van der Waals surface area contributed by atoms with E-state index in [1.807, 2.05) is 12.1 Å². The Morgan fingerprint density at radius 3 is 3.15 bits per heavy atom. The minimum atomic E-state index is -0.00689. The molecule has 1 heterocycles. The van der Waals surface area contributed by atoms with Gasteiger partial charge in [-0.15, -0.1) is 0 Å². The molecule has 0 fully saturated rings. The molecule has 0 bridgehead atoms. The summed E-state index contributed by atoms with van der Waals surface area (Å²) in [6.45, 7) is 0.116. The lowest BCUT2D eigenvalue weighted by Crippen LogP contribution is -2.26. The van der Waals surface area contributed by atoms with Crippen molar-refractivity contribution in [2.24, 2.45) is 0 Å². The van der Waals surface area contributed by atoms with Gasteiger partial charge in [0.05, 0.1) is 6.61 Å². The molecule has 3 heteroatoms. The molecule has 1 aromatic rings. The number of benzene rings is 1. The van der Waals surface area contributed by atoms with E-state index in [2.05, 4.69) is 28.7 Å². The smallest absolute Gasteiger partial charge is 0.123 e. The van der Waals surface area contributed by atoms with Crippen molar-refractivity contribution in [2.45, 2.75) is 18.9 Å². The molecule has 0 radical (unpaired) electrons. The van der Waals surface area contributed by atoms with Gasteiger partial charge in [0.15, 0.2) is 0 Å². The summed E-state index contributed by atoms with van der Waals surface area (Å²) in [6, 6.07) is 6.15. The number of hydrogen-bond acceptors (Lipinski definition) is 2. The van der Waals surface area contributed by atoms with Crippen LogP contribution in [0.2, 0.25) is 0 Å². The van der Waals surface area contributed by atoms with Crippen LogP contribution < -0.4 is 4.74 Å². The van der Waals surface area contributed by atoms with Gasteiger partial charge < -0.3 is 9.84 Å². The molecule has 13 heavy (non-hydrogen) atoms. The third-order valence-electron chi connectivity index (χ3n) is 2.26. The fourth-order valence-corrected chi connectivity index (χ4v) is 2.10. The van der Waals surface area contributed by atoms with Crippen LogP contribution in [-0.4, -0.2) is 17.8 Å². The lowest BCUT2D eigenvalue weighted by atomic mass is 10.0. The zero-order valence-electron chi connectivity index (χ0n) is 7.16. The van der Waals surface area contributed by atoms with Crippen molar-refractivity contribution in [1.29, 1.82) is 0 Å². The second-order valence-corrected chi connectivity index (χ2v) is 4.46. The Balaban J connectivity index is 2.26. The number of aliphatic hydroxyl groups excluding tert-OH is 1. The summed E-state index contributed by atoms with van der Waals surface area (Å²) in [7, 11) is 0. The van der Waals surface area contributed by atoms with Crippen molar-refractivity contribution >= 4 is 22.6 Å². The lowest BCUT2D eigenvalue weighted by Gasteiger charge is -2.24. The van der Waals surface area contributed by atoms with Crippen molar-refractivity contribution in [2.75, 3.05) is 6.61 Å². The number of rotatable bonds is 1. The molecule has 0 spiro atoms. The average molecular weight is 290 g/mol. The second kappa shape index (κ2) is 3.84. The molecule has 1 N–H and O–H groups in total. The van der Waals surface area contributed by atoms with Crippen LogP contribution >= 0.6 is 22.6 Å². The van der Waals surface area contributed by atoms with Crippen LogP contribution in [0.25, 0.3) is 0 Å². The van der Waals surface area contributed by atoms with Crippen LogP contribution in [0, 0.1) is 3.57 Å². The van der Waals surface area contributed by atoms with Gasteiger partial charge in [0.2, 0.25) is 0 Å². The number of hydrogen-bond donors (Lipinski definition) is 1. The van der Waals surface area contributed by atoms with Gasteiger partial charge in [-0.25, -0.2) is 0 Å². The largest absolute Gasteiger partial charge is 0.488 e. The summed E-state index contributed by atoms with van der Waals surface area (Å²) in [4.78, 5) is 0. The first-order chi connectivity index (χ1) is 6.29. The molecule has 1 unspecified atom stereocenters. The normalized spacial score (nSPS) is 20.6. The van der Waals surface area contributed by atoms with E-state index in [4.69, 9.17) is 9.84 Å². The molecule has 1 aromatic carbocycles. The van der Waals surface area contributed by atoms with Gasteiger partial charge in [0.25, 0.3) is 0 Å². The van der Waals surface area contributed by atoms with Gasteiger partial charge in [-0.1, -0.05) is 0 Å². The highest BCUT2D eigenvalue weighted by Crippen LogP contribution is 2.28. The van der Waals surface area contributed by atoms with E-state index in [1.54, 1.807) is 0 Å². The maximum absolute atomic E-state index is 8.94. The maximum atomic E-state index is 8.94. The molecule has 2 rings (SSSR count). The Hall–Kier alpha value is -0.290. The topological polar surface area (TPSA) is 29.5 Å². The van der Waals surface area contributed by atoms with Gasteiger partial charge in [-0.05, 0) is 59.2 Å². The van der Waals surface area contributed by atoms with Crippen LogP contribution in [0.3, 0.4) is 0 Å². The summed E-state index contributed by atoms with van der Waals surface area (Å²) in [5.74, 6) is 0.936. The van der Waals surface area contributed by atoms with E-state index in [9.17, 15) is 0 Å². The SMILES string of the molecule is OCC1CCc2cc(I)ccc2O1. The monoisotopic (exact) mass is 290 g/mol. The van der Waals surface area contributed by atoms with E-state index >= 15 is 0 Å². The summed E-state index contributed by atoms with van der Waals surface area (Å²) >= 11 is 2.30. The zero-order chi connectivity index (χ0) is 9.26. The molecule has 0 aliphatic carbocycles. The van der Waals surface area contributed by atoms with Gasteiger partial charge in [0.1, 0.15) is 11.9 Å². The first kappa shape index (κ1) is 9.27. The maximum Gasteiger partial charge on any atom is 0.123 e. The summed E-state index contributed by atoms with van der Waals surface area (Å²) in [5.41, 5.74) is 1.26. The summed E-state index contributed by atoms with van der Waals surface area (Å²) in [6.07, 6.45) is 1.92. The van der Waals surface area contributed by atoms with Crippen molar-refractivity contribution in [3.63, 3.8) is 0 Å². The molecule has 1 atom stereocenters. The number of ether oxygens (including phenoxy) is 1. The Bertz CT molecular complexity index is 312. The molecular weight excluding hydrogens is 279 g/mol. The number of aliphatic hydroxyl groups is 1. The van der Waals surface area contributed by atoms with Crippen LogP contribution in [-0.2, 0) is 6.42 Å². The minimum Gasteiger partial charge on any atom is -0.488 e. The highest BCUT2D eigenvalue weighted by atomic mass is 127. The molecule has 0 saturated carbocycles. The van der Waals surface area contributed by atoms with Crippen molar-refractivity contribution in [1.82, 2.24) is 0 Å². The van der Waals surface area contributed by atoms with E-state index in [0.717, 1.165) is 18.6 Å². The lowest BCUT2D eigenvalue weighted by molar-refractivity contribution is 0.0978. The molecule has 70 valence electrons. The van der Waals surface area contributed by atoms with Gasteiger partial charge in [-0.2, -0.15) is 0 Å². The summed E-state index contributed by atoms with van der Waals surface area (Å²) < 4.78 is 6.82. The third kappa shape index (κ3) is 1.96.